The SMILES string of the molecule is NC(=S)c1ccc(F)cc1Cn1[nH]c(=O)ccc1=O. The van der Waals surface area contributed by atoms with Crippen LogP contribution in [0.2, 0.25) is 0 Å². The first-order valence-corrected chi connectivity index (χ1v) is 5.76. The van der Waals surface area contributed by atoms with Crippen LogP contribution in [0, 0.1) is 5.82 Å². The number of hydrogen-bond donors (Lipinski definition) is 2. The molecule has 1 aromatic heterocycles. The van der Waals surface area contributed by atoms with Crippen molar-refractivity contribution in [1.82, 2.24) is 9.78 Å². The second-order valence-electron chi connectivity index (χ2n) is 3.90. The molecule has 0 aliphatic heterocycles. The van der Waals surface area contributed by atoms with E-state index in [0.29, 0.717) is 11.1 Å². The smallest absolute Gasteiger partial charge is 0.265 e. The predicted molar refractivity (Wildman–Crippen MR) is 72.7 cm³/mol. The third-order valence-electron chi connectivity index (χ3n) is 2.55. The summed E-state index contributed by atoms with van der Waals surface area (Å²) in [4.78, 5) is 22.9. The first-order valence-electron chi connectivity index (χ1n) is 5.36. The van der Waals surface area contributed by atoms with Gasteiger partial charge in [-0.05, 0) is 23.8 Å². The summed E-state index contributed by atoms with van der Waals surface area (Å²) in [7, 11) is 0. The molecule has 0 aliphatic carbocycles. The standard InChI is InChI=1S/C12H10FN3O2S/c13-8-1-2-9(12(14)19)7(5-8)6-16-11(18)4-3-10(17)15-16/h1-5H,6H2,(H2,14,19)(H,15,17). The lowest BCUT2D eigenvalue weighted by Crippen LogP contribution is -2.29. The third kappa shape index (κ3) is 2.94. The molecule has 19 heavy (non-hydrogen) atoms. The summed E-state index contributed by atoms with van der Waals surface area (Å²) < 4.78 is 14.3. The highest BCUT2D eigenvalue weighted by atomic mass is 32.1. The zero-order valence-electron chi connectivity index (χ0n) is 9.72. The van der Waals surface area contributed by atoms with Gasteiger partial charge in [0.15, 0.2) is 0 Å². The highest BCUT2D eigenvalue weighted by molar-refractivity contribution is 7.80. The number of aromatic amines is 1. The van der Waals surface area contributed by atoms with E-state index in [1.54, 1.807) is 0 Å². The Labute approximate surface area is 112 Å². The van der Waals surface area contributed by atoms with E-state index in [2.05, 4.69) is 5.10 Å². The van der Waals surface area contributed by atoms with E-state index in [4.69, 9.17) is 18.0 Å². The van der Waals surface area contributed by atoms with Gasteiger partial charge in [-0.3, -0.25) is 14.7 Å². The zero-order chi connectivity index (χ0) is 14.0. The Kier molecular flexibility index (Phi) is 3.57. The molecule has 0 aliphatic rings. The molecule has 0 bridgehead atoms. The molecule has 0 spiro atoms. The molecular formula is C12H10FN3O2S. The van der Waals surface area contributed by atoms with E-state index in [1.165, 1.54) is 18.2 Å². The number of hydrogen-bond acceptors (Lipinski definition) is 3. The average Bonchev–Trinajstić information content (AvgIpc) is 2.33. The van der Waals surface area contributed by atoms with Gasteiger partial charge in [0.25, 0.3) is 11.1 Å². The van der Waals surface area contributed by atoms with Crippen LogP contribution in [0.25, 0.3) is 0 Å². The summed E-state index contributed by atoms with van der Waals surface area (Å²) in [6.07, 6.45) is 0. The molecule has 5 nitrogen and oxygen atoms in total. The lowest BCUT2D eigenvalue weighted by molar-refractivity contribution is 0.605. The first kappa shape index (κ1) is 13.2. The Hall–Kier alpha value is -2.28. The topological polar surface area (TPSA) is 80.9 Å². The number of nitrogens with two attached hydrogens (primary N) is 1. The lowest BCUT2D eigenvalue weighted by Gasteiger charge is -2.10. The third-order valence-corrected chi connectivity index (χ3v) is 2.77. The van der Waals surface area contributed by atoms with E-state index in [0.717, 1.165) is 16.8 Å². The highest BCUT2D eigenvalue weighted by Gasteiger charge is 2.08. The van der Waals surface area contributed by atoms with Crippen LogP contribution in [0.4, 0.5) is 4.39 Å². The number of rotatable bonds is 3. The maximum Gasteiger partial charge on any atom is 0.265 e. The van der Waals surface area contributed by atoms with Crippen LogP contribution in [-0.4, -0.2) is 14.8 Å². The molecule has 7 heteroatoms. The van der Waals surface area contributed by atoms with Crippen molar-refractivity contribution in [2.45, 2.75) is 6.54 Å². The van der Waals surface area contributed by atoms with E-state index in [9.17, 15) is 14.0 Å². The Morgan fingerprint density at radius 2 is 2.05 bits per heavy atom. The number of benzene rings is 1. The van der Waals surface area contributed by atoms with Gasteiger partial charge in [-0.1, -0.05) is 12.2 Å². The fourth-order valence-electron chi connectivity index (χ4n) is 1.68. The number of thiocarbonyl (C=S) groups is 1. The molecule has 98 valence electrons. The molecule has 0 atom stereocenters. The molecule has 3 N–H and O–H groups in total. The minimum Gasteiger partial charge on any atom is -0.389 e. The minimum atomic E-state index is -0.471. The van der Waals surface area contributed by atoms with Crippen molar-refractivity contribution in [3.05, 3.63) is 68.0 Å². The van der Waals surface area contributed by atoms with Crippen molar-refractivity contribution in [1.29, 1.82) is 0 Å². The molecule has 0 fully saturated rings. The molecule has 0 saturated heterocycles. The summed E-state index contributed by atoms with van der Waals surface area (Å²) in [5.74, 6) is -0.471. The van der Waals surface area contributed by atoms with Crippen molar-refractivity contribution >= 4 is 17.2 Å². The van der Waals surface area contributed by atoms with Crippen molar-refractivity contribution in [3.63, 3.8) is 0 Å². The zero-order valence-corrected chi connectivity index (χ0v) is 10.5. The molecule has 1 aromatic carbocycles. The van der Waals surface area contributed by atoms with Crippen LogP contribution in [-0.2, 0) is 6.54 Å². The minimum absolute atomic E-state index is 0.0145. The van der Waals surface area contributed by atoms with Gasteiger partial charge in [0.1, 0.15) is 10.8 Å². The summed E-state index contributed by atoms with van der Waals surface area (Å²) in [5.41, 5.74) is 5.60. The predicted octanol–water partition coefficient (Wildman–Crippen LogP) is 0.358. The van der Waals surface area contributed by atoms with Crippen molar-refractivity contribution in [2.24, 2.45) is 5.73 Å². The molecular weight excluding hydrogens is 269 g/mol. The van der Waals surface area contributed by atoms with Crippen LogP contribution in [0.5, 0.6) is 0 Å². The van der Waals surface area contributed by atoms with Gasteiger partial charge in [-0.2, -0.15) is 0 Å². The van der Waals surface area contributed by atoms with Gasteiger partial charge in [0.05, 0.1) is 6.54 Å². The molecule has 0 saturated carbocycles. The molecule has 2 rings (SSSR count). The molecule has 1 heterocycles. The van der Waals surface area contributed by atoms with Gasteiger partial charge >= 0.3 is 0 Å². The normalized spacial score (nSPS) is 10.4. The highest BCUT2D eigenvalue weighted by Crippen LogP contribution is 2.12. The van der Waals surface area contributed by atoms with E-state index in [-0.39, 0.29) is 11.5 Å². The first-order chi connectivity index (χ1) is 8.97. The molecule has 0 unspecified atom stereocenters. The maximum absolute atomic E-state index is 13.2. The van der Waals surface area contributed by atoms with Crippen LogP contribution in [0.1, 0.15) is 11.1 Å². The Morgan fingerprint density at radius 1 is 1.32 bits per heavy atom. The van der Waals surface area contributed by atoms with Crippen LogP contribution in [0.3, 0.4) is 0 Å². The quantitative estimate of drug-likeness (QED) is 0.795. The van der Waals surface area contributed by atoms with Crippen molar-refractivity contribution in [3.8, 4) is 0 Å². The lowest BCUT2D eigenvalue weighted by atomic mass is 10.1. The second-order valence-corrected chi connectivity index (χ2v) is 4.34. The number of halogens is 1. The van der Waals surface area contributed by atoms with Crippen molar-refractivity contribution in [2.75, 3.05) is 0 Å². The number of nitrogens with one attached hydrogen (secondary N) is 1. The van der Waals surface area contributed by atoms with Gasteiger partial charge in [-0.15, -0.1) is 0 Å². The Bertz CT molecular complexity index is 751. The van der Waals surface area contributed by atoms with Crippen LogP contribution in [0.15, 0.2) is 39.9 Å². The van der Waals surface area contributed by atoms with Gasteiger partial charge < -0.3 is 5.73 Å². The maximum atomic E-state index is 13.2. The average molecular weight is 279 g/mol. The van der Waals surface area contributed by atoms with E-state index in [1.807, 2.05) is 0 Å². The molecule has 0 amide bonds. The molecule has 0 radical (unpaired) electrons. The summed E-state index contributed by atoms with van der Waals surface area (Å²) in [6.45, 7) is -0.0145. The van der Waals surface area contributed by atoms with Crippen molar-refractivity contribution < 1.29 is 4.39 Å². The van der Waals surface area contributed by atoms with E-state index < -0.39 is 16.9 Å². The molecule has 2 aromatic rings. The Morgan fingerprint density at radius 3 is 2.74 bits per heavy atom. The van der Waals surface area contributed by atoms with E-state index >= 15 is 0 Å². The van der Waals surface area contributed by atoms with Gasteiger partial charge in [0, 0.05) is 17.7 Å². The second kappa shape index (κ2) is 5.15. The van der Waals surface area contributed by atoms with Gasteiger partial charge in [0.2, 0.25) is 0 Å². The number of H-pyrrole nitrogens is 1. The van der Waals surface area contributed by atoms with Gasteiger partial charge in [-0.25, -0.2) is 9.07 Å². The summed E-state index contributed by atoms with van der Waals surface area (Å²) >= 11 is 4.86. The fourth-order valence-corrected chi connectivity index (χ4v) is 1.88. The monoisotopic (exact) mass is 279 g/mol. The summed E-state index contributed by atoms with van der Waals surface area (Å²) in [6, 6.07) is 6.16. The van der Waals surface area contributed by atoms with Crippen LogP contribution < -0.4 is 16.9 Å². The van der Waals surface area contributed by atoms with Crippen LogP contribution >= 0.6 is 12.2 Å². The Balaban J connectivity index is 2.51. The number of aromatic nitrogens is 2. The number of nitrogens with zero attached hydrogens (tertiary/aromatic N) is 1. The summed E-state index contributed by atoms with van der Waals surface area (Å²) in [5, 5.41) is 2.35. The largest absolute Gasteiger partial charge is 0.389 e. The fraction of sp³-hybridized carbons (Fsp3) is 0.0833.